The lowest BCUT2D eigenvalue weighted by atomic mass is 9.79. The molecule has 0 radical (unpaired) electrons. The van der Waals surface area contributed by atoms with E-state index in [1.54, 1.807) is 6.07 Å². The third-order valence-electron chi connectivity index (χ3n) is 3.99. The van der Waals surface area contributed by atoms with Crippen LogP contribution in [-0.2, 0) is 0 Å². The second-order valence-electron chi connectivity index (χ2n) is 5.76. The van der Waals surface area contributed by atoms with E-state index in [-0.39, 0.29) is 12.2 Å². The number of rotatable bonds is 5. The van der Waals surface area contributed by atoms with Crippen LogP contribution in [0, 0.1) is 49.4 Å². The molecule has 0 aliphatic heterocycles. The monoisotopic (exact) mass is 322 g/mol. The second-order valence-corrected chi connectivity index (χ2v) is 6.71. The summed E-state index contributed by atoms with van der Waals surface area (Å²) in [6, 6.07) is 11.8. The quantitative estimate of drug-likeness (QED) is 0.750. The van der Waals surface area contributed by atoms with Gasteiger partial charge in [0.05, 0.1) is 17.0 Å². The predicted octanol–water partition coefficient (Wildman–Crippen LogP) is 4.69. The van der Waals surface area contributed by atoms with Gasteiger partial charge in [0.1, 0.15) is 5.92 Å². The fourth-order valence-corrected chi connectivity index (χ4v) is 3.78. The number of carbonyl (C=O) groups excluding carboxylic acids is 1. The molecule has 2 rings (SSSR count). The number of nitriles is 2. The smallest absolute Gasteiger partial charge is 0.173 e. The van der Waals surface area contributed by atoms with E-state index in [0.29, 0.717) is 4.88 Å². The Bertz CT molecular complexity index is 757. The Morgan fingerprint density at radius 1 is 1.17 bits per heavy atom. The van der Waals surface area contributed by atoms with Crippen molar-refractivity contribution < 1.29 is 4.79 Å². The molecule has 116 valence electrons. The standard InChI is InChI=1S/C19H18N2OS/c1-12-7-13(2)19(14(3)8-12)16(15(10-20)11-21)9-17(22)18-5-4-6-23-18/h4-8,15-16H,9H2,1-3H3/t16-/m0/s1. The van der Waals surface area contributed by atoms with Crippen LogP contribution in [-0.4, -0.2) is 5.78 Å². The number of Topliss-reactive ketones (excluding diaryl/α,β-unsaturated/α-hetero) is 1. The molecule has 0 N–H and O–H groups in total. The first-order valence-corrected chi connectivity index (χ1v) is 8.29. The highest BCUT2D eigenvalue weighted by Crippen LogP contribution is 2.34. The SMILES string of the molecule is Cc1cc(C)c([C@@H](CC(=O)c2cccs2)C(C#N)C#N)c(C)c1. The predicted molar refractivity (Wildman–Crippen MR) is 91.4 cm³/mol. The van der Waals surface area contributed by atoms with Crippen LogP contribution in [0.4, 0.5) is 0 Å². The third-order valence-corrected chi connectivity index (χ3v) is 4.90. The minimum Gasteiger partial charge on any atom is -0.293 e. The maximum atomic E-state index is 12.5. The van der Waals surface area contributed by atoms with Crippen LogP contribution in [0.25, 0.3) is 0 Å². The molecule has 0 aliphatic rings. The molecule has 4 heteroatoms. The first kappa shape index (κ1) is 16.9. The highest BCUT2D eigenvalue weighted by Gasteiger charge is 2.29. The number of aryl methyl sites for hydroxylation is 3. The molecule has 2 aromatic rings. The van der Waals surface area contributed by atoms with Crippen molar-refractivity contribution in [3.63, 3.8) is 0 Å². The largest absolute Gasteiger partial charge is 0.293 e. The minimum absolute atomic E-state index is 0.0140. The molecule has 0 saturated heterocycles. The molecule has 23 heavy (non-hydrogen) atoms. The van der Waals surface area contributed by atoms with E-state index in [9.17, 15) is 15.3 Å². The van der Waals surface area contributed by atoms with Crippen molar-refractivity contribution in [2.45, 2.75) is 33.1 Å². The summed E-state index contributed by atoms with van der Waals surface area (Å²) in [5.41, 5.74) is 4.15. The molecule has 1 heterocycles. The van der Waals surface area contributed by atoms with E-state index in [0.717, 1.165) is 22.3 Å². The summed E-state index contributed by atoms with van der Waals surface area (Å²) in [6.07, 6.45) is 0.178. The summed E-state index contributed by atoms with van der Waals surface area (Å²) < 4.78 is 0. The Morgan fingerprint density at radius 2 is 1.78 bits per heavy atom. The van der Waals surface area contributed by atoms with Gasteiger partial charge in [0.25, 0.3) is 0 Å². The van der Waals surface area contributed by atoms with Gasteiger partial charge in [0, 0.05) is 12.3 Å². The van der Waals surface area contributed by atoms with Gasteiger partial charge in [0.15, 0.2) is 5.78 Å². The highest BCUT2D eigenvalue weighted by atomic mass is 32.1. The van der Waals surface area contributed by atoms with E-state index in [2.05, 4.69) is 12.1 Å². The molecule has 0 amide bonds. The minimum atomic E-state index is -0.834. The first-order chi connectivity index (χ1) is 11.0. The number of carbonyl (C=O) groups is 1. The van der Waals surface area contributed by atoms with Crippen LogP contribution < -0.4 is 0 Å². The van der Waals surface area contributed by atoms with E-state index in [1.807, 2.05) is 44.4 Å². The van der Waals surface area contributed by atoms with Crippen LogP contribution in [0.1, 0.15) is 44.3 Å². The fourth-order valence-electron chi connectivity index (χ4n) is 3.11. The fraction of sp³-hybridized carbons (Fsp3) is 0.316. The Kier molecular flexibility index (Phi) is 5.32. The Balaban J connectivity index is 2.46. The molecule has 1 aromatic carbocycles. The van der Waals surface area contributed by atoms with Gasteiger partial charge in [-0.1, -0.05) is 23.8 Å². The summed E-state index contributed by atoms with van der Waals surface area (Å²) in [6.45, 7) is 5.97. The number of hydrogen-bond donors (Lipinski definition) is 0. The van der Waals surface area contributed by atoms with Crippen molar-refractivity contribution in [2.75, 3.05) is 0 Å². The average molecular weight is 322 g/mol. The lowest BCUT2D eigenvalue weighted by molar-refractivity contribution is 0.0974. The van der Waals surface area contributed by atoms with Crippen molar-refractivity contribution in [1.29, 1.82) is 10.5 Å². The normalized spacial score (nSPS) is 11.7. The molecule has 0 unspecified atom stereocenters. The van der Waals surface area contributed by atoms with Gasteiger partial charge in [-0.05, 0) is 48.9 Å². The lowest BCUT2D eigenvalue weighted by Crippen LogP contribution is -2.17. The van der Waals surface area contributed by atoms with Crippen molar-refractivity contribution >= 4 is 17.1 Å². The van der Waals surface area contributed by atoms with Gasteiger partial charge in [-0.25, -0.2) is 0 Å². The molecule has 0 fully saturated rings. The van der Waals surface area contributed by atoms with E-state index in [4.69, 9.17) is 0 Å². The van der Waals surface area contributed by atoms with Gasteiger partial charge in [0.2, 0.25) is 0 Å². The van der Waals surface area contributed by atoms with Gasteiger partial charge in [-0.15, -0.1) is 11.3 Å². The summed E-state index contributed by atoms with van der Waals surface area (Å²) in [4.78, 5) is 13.2. The first-order valence-electron chi connectivity index (χ1n) is 7.41. The van der Waals surface area contributed by atoms with Crippen LogP contribution in [0.3, 0.4) is 0 Å². The number of thiophene rings is 1. The molecule has 0 bridgehead atoms. The maximum absolute atomic E-state index is 12.5. The Hall–Kier alpha value is -2.43. The summed E-state index contributed by atoms with van der Waals surface area (Å²) in [7, 11) is 0. The molecule has 1 atom stereocenters. The van der Waals surface area contributed by atoms with Crippen LogP contribution in [0.5, 0.6) is 0 Å². The summed E-state index contributed by atoms with van der Waals surface area (Å²) in [5, 5.41) is 20.6. The van der Waals surface area contributed by atoms with Gasteiger partial charge in [-0.2, -0.15) is 10.5 Å². The molecular weight excluding hydrogens is 304 g/mol. The number of hydrogen-bond acceptors (Lipinski definition) is 4. The number of nitrogens with zero attached hydrogens (tertiary/aromatic N) is 2. The zero-order valence-corrected chi connectivity index (χ0v) is 14.3. The third kappa shape index (κ3) is 3.67. The van der Waals surface area contributed by atoms with Crippen LogP contribution in [0.15, 0.2) is 29.6 Å². The van der Waals surface area contributed by atoms with Crippen LogP contribution in [0.2, 0.25) is 0 Å². The lowest BCUT2D eigenvalue weighted by Gasteiger charge is -2.22. The Morgan fingerprint density at radius 3 is 2.26 bits per heavy atom. The van der Waals surface area contributed by atoms with E-state index >= 15 is 0 Å². The molecule has 0 saturated carbocycles. The highest BCUT2D eigenvalue weighted by molar-refractivity contribution is 7.12. The molecule has 1 aromatic heterocycles. The van der Waals surface area contributed by atoms with Crippen molar-refractivity contribution in [3.05, 3.63) is 56.8 Å². The van der Waals surface area contributed by atoms with Gasteiger partial charge in [-0.3, -0.25) is 4.79 Å². The molecule has 3 nitrogen and oxygen atoms in total. The Labute approximate surface area is 140 Å². The van der Waals surface area contributed by atoms with Crippen molar-refractivity contribution in [1.82, 2.24) is 0 Å². The summed E-state index contributed by atoms with van der Waals surface area (Å²) >= 11 is 1.39. The second kappa shape index (κ2) is 7.22. The molecular formula is C19H18N2OS. The average Bonchev–Trinajstić information content (AvgIpc) is 3.01. The topological polar surface area (TPSA) is 64.7 Å². The van der Waals surface area contributed by atoms with Gasteiger partial charge >= 0.3 is 0 Å². The number of ketones is 1. The number of benzene rings is 1. The molecule has 0 spiro atoms. The van der Waals surface area contributed by atoms with Crippen molar-refractivity contribution in [2.24, 2.45) is 5.92 Å². The van der Waals surface area contributed by atoms with Crippen LogP contribution >= 0.6 is 11.3 Å². The molecule has 0 aliphatic carbocycles. The van der Waals surface area contributed by atoms with Crippen molar-refractivity contribution in [3.8, 4) is 12.1 Å². The maximum Gasteiger partial charge on any atom is 0.173 e. The van der Waals surface area contributed by atoms with Gasteiger partial charge < -0.3 is 0 Å². The zero-order valence-electron chi connectivity index (χ0n) is 13.5. The van der Waals surface area contributed by atoms with E-state index in [1.165, 1.54) is 11.3 Å². The summed E-state index contributed by atoms with van der Waals surface area (Å²) in [5.74, 6) is -1.25. The van der Waals surface area contributed by atoms with E-state index < -0.39 is 11.8 Å². The zero-order chi connectivity index (χ0) is 17.0.